The largest absolute Gasteiger partial charge is 0.497 e. The average Bonchev–Trinajstić information content (AvgIpc) is 3.06. The van der Waals surface area contributed by atoms with Crippen LogP contribution >= 0.6 is 0 Å². The van der Waals surface area contributed by atoms with E-state index in [9.17, 15) is 4.79 Å². The fourth-order valence-electron chi connectivity index (χ4n) is 2.58. The van der Waals surface area contributed by atoms with Gasteiger partial charge in [-0.1, -0.05) is 36.4 Å². The number of benzene rings is 2. The second-order valence-corrected chi connectivity index (χ2v) is 5.61. The molecule has 1 aromatic heterocycles. The second-order valence-electron chi connectivity index (χ2n) is 5.61. The first kappa shape index (κ1) is 16.7. The number of nitrogens with zero attached hydrogens (tertiary/aromatic N) is 2. The molecule has 0 aliphatic carbocycles. The SMILES string of the molecule is COc1cccc(NC(=O)CC(c2ccccc2)c2nnc(C)o2)c1. The van der Waals surface area contributed by atoms with E-state index in [0.29, 0.717) is 23.2 Å². The maximum Gasteiger partial charge on any atom is 0.225 e. The van der Waals surface area contributed by atoms with E-state index in [1.54, 1.807) is 20.1 Å². The fraction of sp³-hybridized carbons (Fsp3) is 0.211. The van der Waals surface area contributed by atoms with E-state index in [0.717, 1.165) is 5.56 Å². The summed E-state index contributed by atoms with van der Waals surface area (Å²) in [7, 11) is 1.59. The van der Waals surface area contributed by atoms with E-state index < -0.39 is 0 Å². The Kier molecular flexibility index (Phi) is 5.09. The molecule has 1 unspecified atom stereocenters. The minimum Gasteiger partial charge on any atom is -0.497 e. The summed E-state index contributed by atoms with van der Waals surface area (Å²) in [5, 5.41) is 10.9. The van der Waals surface area contributed by atoms with Gasteiger partial charge in [0.1, 0.15) is 5.75 Å². The lowest BCUT2D eigenvalue weighted by Gasteiger charge is -2.14. The summed E-state index contributed by atoms with van der Waals surface area (Å²) in [4.78, 5) is 12.5. The van der Waals surface area contributed by atoms with E-state index in [-0.39, 0.29) is 18.2 Å². The van der Waals surface area contributed by atoms with Gasteiger partial charge in [-0.3, -0.25) is 4.79 Å². The van der Waals surface area contributed by atoms with Crippen LogP contribution in [0.4, 0.5) is 5.69 Å². The highest BCUT2D eigenvalue weighted by Gasteiger charge is 2.23. The lowest BCUT2D eigenvalue weighted by molar-refractivity contribution is -0.116. The van der Waals surface area contributed by atoms with Crippen molar-refractivity contribution in [2.24, 2.45) is 0 Å². The Morgan fingerprint density at radius 3 is 2.64 bits per heavy atom. The van der Waals surface area contributed by atoms with E-state index in [1.165, 1.54) is 0 Å². The molecule has 1 atom stereocenters. The van der Waals surface area contributed by atoms with Gasteiger partial charge in [-0.15, -0.1) is 10.2 Å². The van der Waals surface area contributed by atoms with Crippen molar-refractivity contribution in [3.8, 4) is 5.75 Å². The Morgan fingerprint density at radius 2 is 1.96 bits per heavy atom. The van der Waals surface area contributed by atoms with Crippen LogP contribution in [0.25, 0.3) is 0 Å². The normalized spacial score (nSPS) is 11.8. The number of carbonyl (C=O) groups is 1. The first-order valence-corrected chi connectivity index (χ1v) is 7.94. The van der Waals surface area contributed by atoms with Crippen molar-refractivity contribution < 1.29 is 13.9 Å². The molecule has 1 amide bonds. The van der Waals surface area contributed by atoms with Crippen molar-refractivity contribution in [2.75, 3.05) is 12.4 Å². The number of aryl methyl sites for hydroxylation is 1. The third-order valence-corrected chi connectivity index (χ3v) is 3.78. The number of aromatic nitrogens is 2. The van der Waals surface area contributed by atoms with Crippen molar-refractivity contribution in [1.82, 2.24) is 10.2 Å². The van der Waals surface area contributed by atoms with Gasteiger partial charge in [0, 0.05) is 25.1 Å². The lowest BCUT2D eigenvalue weighted by Crippen LogP contribution is -2.16. The van der Waals surface area contributed by atoms with Crippen molar-refractivity contribution >= 4 is 11.6 Å². The maximum atomic E-state index is 12.5. The molecule has 0 spiro atoms. The van der Waals surface area contributed by atoms with Crippen LogP contribution in [0.3, 0.4) is 0 Å². The standard InChI is InChI=1S/C19H19N3O3/c1-13-21-22-19(25-13)17(14-7-4-3-5-8-14)12-18(23)20-15-9-6-10-16(11-15)24-2/h3-11,17H,12H2,1-2H3,(H,20,23). The van der Waals surface area contributed by atoms with Crippen LogP contribution in [-0.2, 0) is 4.79 Å². The Morgan fingerprint density at radius 1 is 1.16 bits per heavy atom. The number of ether oxygens (including phenoxy) is 1. The average molecular weight is 337 g/mol. The molecule has 0 radical (unpaired) electrons. The highest BCUT2D eigenvalue weighted by molar-refractivity contribution is 5.91. The molecule has 128 valence electrons. The lowest BCUT2D eigenvalue weighted by atomic mass is 9.95. The molecule has 0 saturated carbocycles. The molecule has 1 heterocycles. The molecule has 0 fully saturated rings. The van der Waals surface area contributed by atoms with Gasteiger partial charge < -0.3 is 14.5 Å². The summed E-state index contributed by atoms with van der Waals surface area (Å²) < 4.78 is 10.7. The fourth-order valence-corrected chi connectivity index (χ4v) is 2.58. The number of carbonyl (C=O) groups excluding carboxylic acids is 1. The van der Waals surface area contributed by atoms with Gasteiger partial charge >= 0.3 is 0 Å². The minimum atomic E-state index is -0.298. The Bertz CT molecular complexity index is 846. The van der Waals surface area contributed by atoms with E-state index in [4.69, 9.17) is 9.15 Å². The smallest absolute Gasteiger partial charge is 0.225 e. The molecule has 3 rings (SSSR count). The molecule has 0 bridgehead atoms. The number of hydrogen-bond acceptors (Lipinski definition) is 5. The van der Waals surface area contributed by atoms with Crippen LogP contribution in [0.2, 0.25) is 0 Å². The third kappa shape index (κ3) is 4.23. The predicted octanol–water partition coefficient (Wildman–Crippen LogP) is 3.55. The van der Waals surface area contributed by atoms with Gasteiger partial charge in [0.2, 0.25) is 17.7 Å². The van der Waals surface area contributed by atoms with Gasteiger partial charge in [-0.2, -0.15) is 0 Å². The van der Waals surface area contributed by atoms with Crippen molar-refractivity contribution in [3.63, 3.8) is 0 Å². The molecule has 2 aromatic carbocycles. The Hall–Kier alpha value is -3.15. The topological polar surface area (TPSA) is 77.2 Å². The molecule has 0 aliphatic rings. The summed E-state index contributed by atoms with van der Waals surface area (Å²) in [6, 6.07) is 16.9. The summed E-state index contributed by atoms with van der Waals surface area (Å²) in [6.07, 6.45) is 0.197. The molecule has 3 aromatic rings. The van der Waals surface area contributed by atoms with Crippen LogP contribution in [0.1, 0.15) is 29.7 Å². The first-order valence-electron chi connectivity index (χ1n) is 7.94. The van der Waals surface area contributed by atoms with Crippen molar-refractivity contribution in [3.05, 3.63) is 71.9 Å². The van der Waals surface area contributed by atoms with Crippen LogP contribution < -0.4 is 10.1 Å². The third-order valence-electron chi connectivity index (χ3n) is 3.78. The Balaban J connectivity index is 1.79. The zero-order chi connectivity index (χ0) is 17.6. The number of anilines is 1. The zero-order valence-corrected chi connectivity index (χ0v) is 14.1. The van der Waals surface area contributed by atoms with Crippen LogP contribution in [0, 0.1) is 6.92 Å². The molecule has 6 nitrogen and oxygen atoms in total. The molecule has 25 heavy (non-hydrogen) atoms. The molecule has 6 heteroatoms. The second kappa shape index (κ2) is 7.61. The van der Waals surface area contributed by atoms with Crippen LogP contribution in [0.15, 0.2) is 59.0 Å². The number of amides is 1. The summed E-state index contributed by atoms with van der Waals surface area (Å²) in [5.74, 6) is 1.16. The highest BCUT2D eigenvalue weighted by Crippen LogP contribution is 2.27. The summed E-state index contributed by atoms with van der Waals surface area (Å²) >= 11 is 0. The van der Waals surface area contributed by atoms with Crippen LogP contribution in [-0.4, -0.2) is 23.2 Å². The van der Waals surface area contributed by atoms with Gasteiger partial charge in [0.05, 0.1) is 13.0 Å². The van der Waals surface area contributed by atoms with Crippen molar-refractivity contribution in [2.45, 2.75) is 19.3 Å². The number of nitrogens with one attached hydrogen (secondary N) is 1. The molecule has 0 aliphatic heterocycles. The van der Waals surface area contributed by atoms with Gasteiger partial charge in [-0.05, 0) is 17.7 Å². The first-order chi connectivity index (χ1) is 12.2. The molecule has 1 N–H and O–H groups in total. The molecule has 0 saturated heterocycles. The number of hydrogen-bond donors (Lipinski definition) is 1. The van der Waals surface area contributed by atoms with E-state index in [1.807, 2.05) is 48.5 Å². The van der Waals surface area contributed by atoms with Gasteiger partial charge in [0.25, 0.3) is 0 Å². The Labute approximate surface area is 145 Å². The summed E-state index contributed by atoms with van der Waals surface area (Å²) in [6.45, 7) is 1.73. The maximum absolute atomic E-state index is 12.5. The van der Waals surface area contributed by atoms with Gasteiger partial charge in [-0.25, -0.2) is 0 Å². The highest BCUT2D eigenvalue weighted by atomic mass is 16.5. The number of methoxy groups -OCH3 is 1. The number of rotatable bonds is 6. The van der Waals surface area contributed by atoms with E-state index >= 15 is 0 Å². The molecular weight excluding hydrogens is 318 g/mol. The monoisotopic (exact) mass is 337 g/mol. The van der Waals surface area contributed by atoms with Crippen molar-refractivity contribution in [1.29, 1.82) is 0 Å². The van der Waals surface area contributed by atoms with Crippen LogP contribution in [0.5, 0.6) is 5.75 Å². The quantitative estimate of drug-likeness (QED) is 0.744. The van der Waals surface area contributed by atoms with E-state index in [2.05, 4.69) is 15.5 Å². The molecular formula is C19H19N3O3. The summed E-state index contributed by atoms with van der Waals surface area (Å²) in [5.41, 5.74) is 1.63. The predicted molar refractivity (Wildman–Crippen MR) is 93.6 cm³/mol. The van der Waals surface area contributed by atoms with Gasteiger partial charge in [0.15, 0.2) is 0 Å². The minimum absolute atomic E-state index is 0.141. The zero-order valence-electron chi connectivity index (χ0n) is 14.1.